The Hall–Kier alpha value is -3.06. The molecule has 8 heteroatoms. The van der Waals surface area contributed by atoms with Crippen molar-refractivity contribution in [1.29, 1.82) is 0 Å². The quantitative estimate of drug-likeness (QED) is 0.379. The smallest absolute Gasteiger partial charge is 0.251 e. The topological polar surface area (TPSA) is 99.3 Å². The van der Waals surface area contributed by atoms with E-state index in [1.54, 1.807) is 42.5 Å². The van der Waals surface area contributed by atoms with E-state index in [-0.39, 0.29) is 24.3 Å². The lowest BCUT2D eigenvalue weighted by Crippen LogP contribution is -2.24. The molecule has 0 aromatic heterocycles. The van der Waals surface area contributed by atoms with Crippen LogP contribution in [0.4, 0.5) is 17.1 Å². The van der Waals surface area contributed by atoms with Crippen LogP contribution < -0.4 is 21.3 Å². The molecular weight excluding hydrogens is 416 g/mol. The van der Waals surface area contributed by atoms with Gasteiger partial charge in [-0.05, 0) is 55.3 Å². The predicted molar refractivity (Wildman–Crippen MR) is 126 cm³/mol. The Morgan fingerprint density at radius 2 is 1.58 bits per heavy atom. The molecule has 2 aromatic rings. The molecule has 0 unspecified atom stereocenters. The van der Waals surface area contributed by atoms with Crippen LogP contribution in [0.5, 0.6) is 0 Å². The van der Waals surface area contributed by atoms with E-state index >= 15 is 0 Å². The molecule has 0 bridgehead atoms. The molecule has 0 aliphatic heterocycles. The van der Waals surface area contributed by atoms with Gasteiger partial charge in [-0.1, -0.05) is 31.9 Å². The molecule has 0 aliphatic rings. The Balaban J connectivity index is 1.87. The summed E-state index contributed by atoms with van der Waals surface area (Å²) in [6.45, 7) is 4.67. The molecule has 4 N–H and O–H groups in total. The summed E-state index contributed by atoms with van der Waals surface area (Å²) in [5.41, 5.74) is 2.27. The van der Waals surface area contributed by atoms with Gasteiger partial charge in [-0.3, -0.25) is 14.4 Å². The number of amides is 3. The Morgan fingerprint density at radius 3 is 2.26 bits per heavy atom. The van der Waals surface area contributed by atoms with Gasteiger partial charge in [0, 0.05) is 29.9 Å². The number of nitrogens with one attached hydrogen (secondary N) is 4. The monoisotopic (exact) mass is 444 g/mol. The van der Waals surface area contributed by atoms with E-state index in [1.165, 1.54) is 0 Å². The standard InChI is InChI=1S/C23H29ClN4O3/c1-3-5-13-25-23(31)16-7-9-17(10-8-16)26-15-22(30)28-20-14-18(11-12-19(20)24)27-21(29)6-4-2/h7-12,14,26H,3-6,13,15H2,1-2H3,(H,25,31)(H,27,29)(H,28,30). The van der Waals surface area contributed by atoms with Gasteiger partial charge < -0.3 is 21.3 Å². The van der Waals surface area contributed by atoms with Gasteiger partial charge in [0.05, 0.1) is 17.3 Å². The highest BCUT2D eigenvalue weighted by molar-refractivity contribution is 6.33. The van der Waals surface area contributed by atoms with Crippen LogP contribution in [0.3, 0.4) is 0 Å². The minimum atomic E-state index is -0.291. The predicted octanol–water partition coefficient (Wildman–Crippen LogP) is 4.66. The van der Waals surface area contributed by atoms with Gasteiger partial charge in [0.15, 0.2) is 0 Å². The van der Waals surface area contributed by atoms with Gasteiger partial charge in [-0.25, -0.2) is 0 Å². The van der Waals surface area contributed by atoms with Crippen molar-refractivity contribution in [1.82, 2.24) is 5.32 Å². The van der Waals surface area contributed by atoms with Gasteiger partial charge in [0.2, 0.25) is 11.8 Å². The zero-order chi connectivity index (χ0) is 22.6. The van der Waals surface area contributed by atoms with E-state index in [9.17, 15) is 14.4 Å². The number of hydrogen-bond acceptors (Lipinski definition) is 4. The van der Waals surface area contributed by atoms with E-state index in [0.717, 1.165) is 19.3 Å². The largest absolute Gasteiger partial charge is 0.376 e. The molecular formula is C23H29ClN4O3. The van der Waals surface area contributed by atoms with Crippen molar-refractivity contribution < 1.29 is 14.4 Å². The lowest BCUT2D eigenvalue weighted by molar-refractivity contribution is -0.116. The molecule has 2 rings (SSSR count). The first-order valence-corrected chi connectivity index (χ1v) is 10.8. The molecule has 2 aromatic carbocycles. The van der Waals surface area contributed by atoms with Crippen LogP contribution in [0, 0.1) is 0 Å². The van der Waals surface area contributed by atoms with Crippen molar-refractivity contribution in [3.8, 4) is 0 Å². The second-order valence-corrected chi connectivity index (χ2v) is 7.49. The van der Waals surface area contributed by atoms with Gasteiger partial charge in [0.25, 0.3) is 5.91 Å². The van der Waals surface area contributed by atoms with Crippen molar-refractivity contribution in [2.75, 3.05) is 29.0 Å². The lowest BCUT2D eigenvalue weighted by atomic mass is 10.2. The fourth-order valence-corrected chi connectivity index (χ4v) is 2.91. The highest BCUT2D eigenvalue weighted by atomic mass is 35.5. The minimum absolute atomic E-state index is 0.0186. The van der Waals surface area contributed by atoms with E-state index in [0.29, 0.717) is 40.6 Å². The molecule has 3 amide bonds. The first-order chi connectivity index (χ1) is 14.9. The fourth-order valence-electron chi connectivity index (χ4n) is 2.75. The number of unbranched alkanes of at least 4 members (excludes halogenated alkanes) is 1. The third-order valence-corrected chi connectivity index (χ3v) is 4.75. The number of carbonyl (C=O) groups is 3. The van der Waals surface area contributed by atoms with Gasteiger partial charge >= 0.3 is 0 Å². The third kappa shape index (κ3) is 8.30. The van der Waals surface area contributed by atoms with Crippen LogP contribution in [0.1, 0.15) is 49.9 Å². The number of carbonyl (C=O) groups excluding carboxylic acids is 3. The van der Waals surface area contributed by atoms with Crippen molar-refractivity contribution in [2.24, 2.45) is 0 Å². The molecule has 166 valence electrons. The van der Waals surface area contributed by atoms with Crippen LogP contribution in [-0.4, -0.2) is 30.8 Å². The van der Waals surface area contributed by atoms with Crippen molar-refractivity contribution in [3.05, 3.63) is 53.1 Å². The first-order valence-electron chi connectivity index (χ1n) is 10.4. The summed E-state index contributed by atoms with van der Waals surface area (Å²) >= 11 is 6.16. The molecule has 0 aliphatic carbocycles. The van der Waals surface area contributed by atoms with Crippen LogP contribution in [0.2, 0.25) is 5.02 Å². The molecule has 0 saturated heterocycles. The van der Waals surface area contributed by atoms with Crippen LogP contribution in [0.15, 0.2) is 42.5 Å². The number of rotatable bonds is 11. The summed E-state index contributed by atoms with van der Waals surface area (Å²) in [5, 5.41) is 11.8. The molecule has 0 spiro atoms. The first kappa shape index (κ1) is 24.2. The summed E-state index contributed by atoms with van der Waals surface area (Å²) in [6.07, 6.45) is 3.14. The highest BCUT2D eigenvalue weighted by Crippen LogP contribution is 2.25. The van der Waals surface area contributed by atoms with Crippen molar-refractivity contribution in [2.45, 2.75) is 39.5 Å². The summed E-state index contributed by atoms with van der Waals surface area (Å²) in [4.78, 5) is 36.1. The Bertz CT molecular complexity index is 900. The molecule has 0 saturated carbocycles. The molecule has 31 heavy (non-hydrogen) atoms. The van der Waals surface area contributed by atoms with E-state index in [1.807, 2.05) is 6.92 Å². The molecule has 0 fully saturated rings. The summed E-state index contributed by atoms with van der Waals surface area (Å²) < 4.78 is 0. The van der Waals surface area contributed by atoms with Gasteiger partial charge in [0.1, 0.15) is 0 Å². The number of anilines is 3. The average Bonchev–Trinajstić information content (AvgIpc) is 2.75. The van der Waals surface area contributed by atoms with Crippen LogP contribution in [-0.2, 0) is 9.59 Å². The van der Waals surface area contributed by atoms with Gasteiger partial charge in [-0.2, -0.15) is 0 Å². The Morgan fingerprint density at radius 1 is 0.871 bits per heavy atom. The maximum absolute atomic E-state index is 12.3. The Labute approximate surface area is 187 Å². The van der Waals surface area contributed by atoms with Crippen molar-refractivity contribution >= 4 is 46.4 Å². The highest BCUT2D eigenvalue weighted by Gasteiger charge is 2.09. The number of benzene rings is 2. The molecule has 0 radical (unpaired) electrons. The SMILES string of the molecule is CCCCNC(=O)c1ccc(NCC(=O)Nc2cc(NC(=O)CCC)ccc2Cl)cc1. The van der Waals surface area contributed by atoms with Gasteiger partial charge in [-0.15, -0.1) is 0 Å². The summed E-state index contributed by atoms with van der Waals surface area (Å²) in [6, 6.07) is 11.8. The summed E-state index contributed by atoms with van der Waals surface area (Å²) in [5.74, 6) is -0.495. The summed E-state index contributed by atoms with van der Waals surface area (Å²) in [7, 11) is 0. The fraction of sp³-hybridized carbons (Fsp3) is 0.348. The maximum Gasteiger partial charge on any atom is 0.251 e. The normalized spacial score (nSPS) is 10.3. The van der Waals surface area contributed by atoms with E-state index in [2.05, 4.69) is 28.2 Å². The van der Waals surface area contributed by atoms with E-state index in [4.69, 9.17) is 11.6 Å². The number of hydrogen-bond donors (Lipinski definition) is 4. The Kier molecular flexibility index (Phi) is 9.84. The van der Waals surface area contributed by atoms with Crippen molar-refractivity contribution in [3.63, 3.8) is 0 Å². The second-order valence-electron chi connectivity index (χ2n) is 7.08. The van der Waals surface area contributed by atoms with E-state index < -0.39 is 0 Å². The third-order valence-electron chi connectivity index (χ3n) is 4.42. The molecule has 0 atom stereocenters. The molecule has 7 nitrogen and oxygen atoms in total. The number of halogens is 1. The van der Waals surface area contributed by atoms with Crippen LogP contribution in [0.25, 0.3) is 0 Å². The lowest BCUT2D eigenvalue weighted by Gasteiger charge is -2.12. The average molecular weight is 445 g/mol. The minimum Gasteiger partial charge on any atom is -0.376 e. The zero-order valence-corrected chi connectivity index (χ0v) is 18.6. The zero-order valence-electron chi connectivity index (χ0n) is 17.9. The second kappa shape index (κ2) is 12.6. The molecule has 0 heterocycles. The maximum atomic E-state index is 12.3. The van der Waals surface area contributed by atoms with Crippen LogP contribution >= 0.6 is 11.6 Å².